The fraction of sp³-hybridized carbons (Fsp3) is 0.267. The normalized spacial score (nSPS) is 15.1. The van der Waals surface area contributed by atoms with Gasteiger partial charge >= 0.3 is 0 Å². The minimum absolute atomic E-state index is 0.110. The van der Waals surface area contributed by atoms with Gasteiger partial charge in [0.2, 0.25) is 5.89 Å². The lowest BCUT2D eigenvalue weighted by molar-refractivity contribution is 0.220. The highest BCUT2D eigenvalue weighted by atomic mass is 32.1. The van der Waals surface area contributed by atoms with Crippen LogP contribution in [0.3, 0.4) is 0 Å². The molecule has 0 radical (unpaired) electrons. The zero-order valence-electron chi connectivity index (χ0n) is 11.8. The van der Waals surface area contributed by atoms with Crippen LogP contribution >= 0.6 is 12.2 Å². The van der Waals surface area contributed by atoms with Crippen LogP contribution in [0, 0.1) is 4.77 Å². The molecule has 0 aliphatic carbocycles. The van der Waals surface area contributed by atoms with Crippen LogP contribution in [-0.2, 0) is 19.5 Å². The Balaban J connectivity index is 1.60. The summed E-state index contributed by atoms with van der Waals surface area (Å²) in [7, 11) is 0. The third-order valence-corrected chi connectivity index (χ3v) is 4.09. The SMILES string of the molecule is O=c1[nH]c(=S)[nH]c2c1CN(Cc1nc3ccccc3o1)CC2. The summed E-state index contributed by atoms with van der Waals surface area (Å²) in [5.74, 6) is 0.671. The van der Waals surface area contributed by atoms with Gasteiger partial charge in [0.15, 0.2) is 10.4 Å². The number of benzene rings is 1. The first-order chi connectivity index (χ1) is 10.7. The van der Waals surface area contributed by atoms with Crippen molar-refractivity contribution in [3.05, 3.63) is 56.5 Å². The van der Waals surface area contributed by atoms with E-state index in [1.165, 1.54) is 0 Å². The molecule has 0 unspecified atom stereocenters. The van der Waals surface area contributed by atoms with E-state index in [2.05, 4.69) is 19.9 Å². The van der Waals surface area contributed by atoms with Crippen molar-refractivity contribution in [2.75, 3.05) is 6.54 Å². The van der Waals surface area contributed by atoms with Gasteiger partial charge in [0.25, 0.3) is 5.56 Å². The summed E-state index contributed by atoms with van der Waals surface area (Å²) in [4.78, 5) is 24.4. The highest BCUT2D eigenvalue weighted by Gasteiger charge is 2.21. The van der Waals surface area contributed by atoms with Gasteiger partial charge in [0.1, 0.15) is 5.52 Å². The molecule has 2 N–H and O–H groups in total. The number of para-hydroxylation sites is 2. The smallest absolute Gasteiger partial charge is 0.256 e. The summed E-state index contributed by atoms with van der Waals surface area (Å²) in [6, 6.07) is 7.70. The van der Waals surface area contributed by atoms with Gasteiger partial charge in [-0.2, -0.15) is 0 Å². The van der Waals surface area contributed by atoms with Crippen LogP contribution in [0.4, 0.5) is 0 Å². The maximum absolute atomic E-state index is 12.0. The number of fused-ring (bicyclic) bond motifs is 2. The van der Waals surface area contributed by atoms with E-state index in [-0.39, 0.29) is 5.56 Å². The van der Waals surface area contributed by atoms with Crippen molar-refractivity contribution in [3.63, 3.8) is 0 Å². The third kappa shape index (κ3) is 2.38. The van der Waals surface area contributed by atoms with Gasteiger partial charge in [-0.05, 0) is 24.4 Å². The van der Waals surface area contributed by atoms with E-state index in [0.717, 1.165) is 35.3 Å². The fourth-order valence-corrected chi connectivity index (χ4v) is 3.04. The van der Waals surface area contributed by atoms with Crippen molar-refractivity contribution in [2.24, 2.45) is 0 Å². The number of aromatic amines is 2. The largest absolute Gasteiger partial charge is 0.439 e. The molecule has 3 heterocycles. The molecule has 7 heteroatoms. The first-order valence-corrected chi connectivity index (χ1v) is 7.51. The molecule has 0 spiro atoms. The molecule has 4 rings (SSSR count). The second-order valence-electron chi connectivity index (χ2n) is 5.40. The molecule has 0 saturated heterocycles. The van der Waals surface area contributed by atoms with Crippen molar-refractivity contribution in [1.29, 1.82) is 0 Å². The molecular formula is C15H14N4O2S. The van der Waals surface area contributed by atoms with Crippen LogP contribution < -0.4 is 5.56 Å². The predicted octanol–water partition coefficient (Wildman–Crippen LogP) is 2.13. The van der Waals surface area contributed by atoms with E-state index in [1.807, 2.05) is 24.3 Å². The summed E-state index contributed by atoms with van der Waals surface area (Å²) in [6.07, 6.45) is 0.767. The van der Waals surface area contributed by atoms with Crippen molar-refractivity contribution < 1.29 is 4.42 Å². The quantitative estimate of drug-likeness (QED) is 0.709. The zero-order chi connectivity index (χ0) is 15.1. The number of rotatable bonds is 2. The zero-order valence-corrected chi connectivity index (χ0v) is 12.6. The number of H-pyrrole nitrogens is 2. The monoisotopic (exact) mass is 314 g/mol. The molecule has 6 nitrogen and oxygen atoms in total. The maximum atomic E-state index is 12.0. The second-order valence-corrected chi connectivity index (χ2v) is 5.81. The summed E-state index contributed by atoms with van der Waals surface area (Å²) < 4.78 is 6.13. The average Bonchev–Trinajstić information content (AvgIpc) is 2.90. The van der Waals surface area contributed by atoms with E-state index in [1.54, 1.807) is 0 Å². The highest BCUT2D eigenvalue weighted by Crippen LogP contribution is 2.19. The minimum atomic E-state index is -0.110. The number of oxazole rings is 1. The standard InChI is InChI=1S/C15H14N4O2S/c20-14-9-7-19(6-5-10(9)17-15(22)18-14)8-13-16-11-3-1-2-4-12(11)21-13/h1-4H,5-8H2,(H2,17,18,20,22). The van der Waals surface area contributed by atoms with E-state index in [0.29, 0.717) is 23.8 Å². The Hall–Kier alpha value is -2.25. The number of hydrogen-bond acceptors (Lipinski definition) is 5. The molecule has 22 heavy (non-hydrogen) atoms. The van der Waals surface area contributed by atoms with Crippen molar-refractivity contribution in [1.82, 2.24) is 19.9 Å². The molecule has 0 amide bonds. The first-order valence-electron chi connectivity index (χ1n) is 7.10. The van der Waals surface area contributed by atoms with Crippen LogP contribution in [0.5, 0.6) is 0 Å². The molecule has 3 aromatic rings. The van der Waals surface area contributed by atoms with Crippen LogP contribution in [-0.4, -0.2) is 26.4 Å². The molecule has 0 fully saturated rings. The number of hydrogen-bond donors (Lipinski definition) is 2. The van der Waals surface area contributed by atoms with Gasteiger partial charge in [0, 0.05) is 25.2 Å². The van der Waals surface area contributed by atoms with Crippen LogP contribution in [0.1, 0.15) is 17.1 Å². The Morgan fingerprint density at radius 2 is 2.18 bits per heavy atom. The van der Waals surface area contributed by atoms with Gasteiger partial charge in [-0.3, -0.25) is 14.7 Å². The Labute approximate surface area is 130 Å². The topological polar surface area (TPSA) is 77.9 Å². The Morgan fingerprint density at radius 3 is 3.05 bits per heavy atom. The van der Waals surface area contributed by atoms with Gasteiger partial charge in [-0.25, -0.2) is 4.98 Å². The van der Waals surface area contributed by atoms with Crippen LogP contribution in [0.15, 0.2) is 33.5 Å². The van der Waals surface area contributed by atoms with Gasteiger partial charge in [-0.15, -0.1) is 0 Å². The van der Waals surface area contributed by atoms with Gasteiger partial charge in [0.05, 0.1) is 12.1 Å². The molecule has 2 aromatic heterocycles. The molecule has 1 aliphatic rings. The Morgan fingerprint density at radius 1 is 1.32 bits per heavy atom. The summed E-state index contributed by atoms with van der Waals surface area (Å²) in [6.45, 7) is 1.99. The average molecular weight is 314 g/mol. The van der Waals surface area contributed by atoms with Crippen molar-refractivity contribution >= 4 is 23.3 Å². The molecule has 0 saturated carbocycles. The Bertz CT molecular complexity index is 923. The molecule has 0 atom stereocenters. The van der Waals surface area contributed by atoms with E-state index in [4.69, 9.17) is 16.6 Å². The lowest BCUT2D eigenvalue weighted by Gasteiger charge is -2.26. The minimum Gasteiger partial charge on any atom is -0.439 e. The van der Waals surface area contributed by atoms with Crippen LogP contribution in [0.25, 0.3) is 11.1 Å². The number of nitrogens with zero attached hydrogens (tertiary/aromatic N) is 2. The molecule has 112 valence electrons. The number of aromatic nitrogens is 3. The first kappa shape index (κ1) is 13.4. The Kier molecular flexibility index (Phi) is 3.16. The summed E-state index contributed by atoms with van der Waals surface area (Å²) >= 11 is 5.01. The van der Waals surface area contributed by atoms with E-state index in [9.17, 15) is 4.79 Å². The number of nitrogens with one attached hydrogen (secondary N) is 2. The van der Waals surface area contributed by atoms with Gasteiger partial charge in [-0.1, -0.05) is 12.1 Å². The van der Waals surface area contributed by atoms with Crippen LogP contribution in [0.2, 0.25) is 0 Å². The predicted molar refractivity (Wildman–Crippen MR) is 84.1 cm³/mol. The van der Waals surface area contributed by atoms with Crippen molar-refractivity contribution in [3.8, 4) is 0 Å². The van der Waals surface area contributed by atoms with Gasteiger partial charge < -0.3 is 9.40 Å². The molecule has 0 bridgehead atoms. The molecular weight excluding hydrogens is 300 g/mol. The summed E-state index contributed by atoms with van der Waals surface area (Å²) in [5.41, 5.74) is 3.22. The van der Waals surface area contributed by atoms with Crippen molar-refractivity contribution in [2.45, 2.75) is 19.5 Å². The summed E-state index contributed by atoms with van der Waals surface area (Å²) in [5, 5.41) is 0. The highest BCUT2D eigenvalue weighted by molar-refractivity contribution is 7.71. The fourth-order valence-electron chi connectivity index (χ4n) is 2.83. The third-order valence-electron chi connectivity index (χ3n) is 3.89. The second kappa shape index (κ2) is 5.19. The lowest BCUT2D eigenvalue weighted by Crippen LogP contribution is -2.35. The van der Waals surface area contributed by atoms with E-state index >= 15 is 0 Å². The molecule has 1 aliphatic heterocycles. The van der Waals surface area contributed by atoms with E-state index < -0.39 is 0 Å². The molecule has 1 aromatic carbocycles. The maximum Gasteiger partial charge on any atom is 0.256 e. The lowest BCUT2D eigenvalue weighted by atomic mass is 10.1.